The van der Waals surface area contributed by atoms with Gasteiger partial charge in [-0.1, -0.05) is 23.8 Å². The second-order valence-corrected chi connectivity index (χ2v) is 4.98. The second-order valence-electron chi connectivity index (χ2n) is 4.98. The largest absolute Gasteiger partial charge is 0.508 e. The zero-order chi connectivity index (χ0) is 13.1. The normalized spacial score (nSPS) is 19.4. The Hall–Kier alpha value is -1.77. The molecule has 1 aromatic carbocycles. The van der Waals surface area contributed by atoms with E-state index in [0.717, 1.165) is 24.8 Å². The zero-order valence-electron chi connectivity index (χ0n) is 10.5. The molecule has 0 radical (unpaired) electrons. The van der Waals surface area contributed by atoms with Crippen molar-refractivity contribution in [2.45, 2.75) is 38.5 Å². The van der Waals surface area contributed by atoms with Crippen molar-refractivity contribution in [2.75, 3.05) is 0 Å². The summed E-state index contributed by atoms with van der Waals surface area (Å²) in [5, 5.41) is 18.7. The molecular weight excluding hydrogens is 228 g/mol. The molecule has 0 aliphatic heterocycles. The van der Waals surface area contributed by atoms with Crippen LogP contribution in [0.2, 0.25) is 0 Å². The Morgan fingerprint density at radius 3 is 2.83 bits per heavy atom. The van der Waals surface area contributed by atoms with Crippen molar-refractivity contribution >= 4 is 5.97 Å². The predicted molar refractivity (Wildman–Crippen MR) is 69.8 cm³/mol. The molecule has 3 heteroatoms. The highest BCUT2D eigenvalue weighted by atomic mass is 16.4. The number of carbonyl (C=O) groups is 1. The van der Waals surface area contributed by atoms with Gasteiger partial charge in [0.2, 0.25) is 0 Å². The Kier molecular flexibility index (Phi) is 3.70. The van der Waals surface area contributed by atoms with E-state index in [2.05, 4.69) is 13.0 Å². The lowest BCUT2D eigenvalue weighted by Gasteiger charge is -2.21. The molecule has 1 aliphatic carbocycles. The number of aliphatic carboxylic acids is 1. The first kappa shape index (κ1) is 12.7. The van der Waals surface area contributed by atoms with Crippen molar-refractivity contribution < 1.29 is 15.0 Å². The van der Waals surface area contributed by atoms with E-state index in [1.165, 1.54) is 5.57 Å². The van der Waals surface area contributed by atoms with Crippen molar-refractivity contribution in [2.24, 2.45) is 0 Å². The summed E-state index contributed by atoms with van der Waals surface area (Å²) in [5.41, 5.74) is 2.91. The van der Waals surface area contributed by atoms with E-state index < -0.39 is 5.97 Å². The monoisotopic (exact) mass is 246 g/mol. The molecule has 0 saturated heterocycles. The van der Waals surface area contributed by atoms with E-state index in [4.69, 9.17) is 5.11 Å². The number of allylic oxidation sites excluding steroid dienone is 2. The Labute approximate surface area is 107 Å². The SMILES string of the molecule is CC1=C[C@@H](c2ccc(CC(=O)O)cc2O)CCC1. The van der Waals surface area contributed by atoms with Crippen molar-refractivity contribution in [1.29, 1.82) is 0 Å². The standard InChI is InChI=1S/C15H18O3/c1-10-3-2-4-12(7-10)13-6-5-11(8-14(13)16)9-15(17)18/h5-8,12,16H,2-4,9H2,1H3,(H,17,18)/t12-/m0/s1. The Morgan fingerprint density at radius 2 is 2.22 bits per heavy atom. The molecule has 1 atom stereocenters. The van der Waals surface area contributed by atoms with Gasteiger partial charge in [-0.25, -0.2) is 0 Å². The van der Waals surface area contributed by atoms with Crippen LogP contribution in [0.1, 0.15) is 43.2 Å². The van der Waals surface area contributed by atoms with Gasteiger partial charge in [-0.15, -0.1) is 0 Å². The van der Waals surface area contributed by atoms with Gasteiger partial charge in [0.15, 0.2) is 0 Å². The summed E-state index contributed by atoms with van der Waals surface area (Å²) in [6.07, 6.45) is 5.48. The maximum Gasteiger partial charge on any atom is 0.307 e. The molecule has 1 aliphatic rings. The van der Waals surface area contributed by atoms with Crippen LogP contribution >= 0.6 is 0 Å². The number of rotatable bonds is 3. The van der Waals surface area contributed by atoms with E-state index in [1.54, 1.807) is 12.1 Å². The first-order chi connectivity index (χ1) is 8.56. The Morgan fingerprint density at radius 1 is 1.44 bits per heavy atom. The lowest BCUT2D eigenvalue weighted by Crippen LogP contribution is -2.04. The van der Waals surface area contributed by atoms with Crippen LogP contribution in [0.5, 0.6) is 5.75 Å². The number of carboxylic acids is 1. The number of phenolic OH excluding ortho intramolecular Hbond substituents is 1. The molecule has 0 bridgehead atoms. The minimum atomic E-state index is -0.879. The van der Waals surface area contributed by atoms with Crippen LogP contribution in [-0.2, 0) is 11.2 Å². The quantitative estimate of drug-likeness (QED) is 0.805. The van der Waals surface area contributed by atoms with Crippen LogP contribution in [0.4, 0.5) is 0 Å². The molecule has 0 amide bonds. The first-order valence-corrected chi connectivity index (χ1v) is 6.27. The molecule has 0 spiro atoms. The first-order valence-electron chi connectivity index (χ1n) is 6.27. The second kappa shape index (κ2) is 5.25. The highest BCUT2D eigenvalue weighted by molar-refractivity contribution is 5.70. The number of carboxylic acid groups (broad SMARTS) is 1. The lowest BCUT2D eigenvalue weighted by atomic mass is 9.85. The van der Waals surface area contributed by atoms with Gasteiger partial charge in [-0.2, -0.15) is 0 Å². The van der Waals surface area contributed by atoms with Crippen LogP contribution in [-0.4, -0.2) is 16.2 Å². The van der Waals surface area contributed by atoms with Crippen LogP contribution in [0.15, 0.2) is 29.8 Å². The molecule has 0 unspecified atom stereocenters. The zero-order valence-corrected chi connectivity index (χ0v) is 10.5. The fourth-order valence-corrected chi connectivity index (χ4v) is 2.54. The predicted octanol–water partition coefficient (Wildman–Crippen LogP) is 3.23. The minimum absolute atomic E-state index is 0.0482. The van der Waals surface area contributed by atoms with Crippen LogP contribution in [0.3, 0.4) is 0 Å². The third-order valence-electron chi connectivity index (χ3n) is 3.42. The van der Waals surface area contributed by atoms with Gasteiger partial charge in [0.05, 0.1) is 6.42 Å². The fourth-order valence-electron chi connectivity index (χ4n) is 2.54. The third kappa shape index (κ3) is 2.92. The number of benzene rings is 1. The van der Waals surface area contributed by atoms with Crippen LogP contribution in [0, 0.1) is 0 Å². The van der Waals surface area contributed by atoms with Gasteiger partial charge >= 0.3 is 5.97 Å². The average molecular weight is 246 g/mol. The molecule has 0 fully saturated rings. The molecule has 0 heterocycles. The van der Waals surface area contributed by atoms with Crippen LogP contribution < -0.4 is 0 Å². The van der Waals surface area contributed by atoms with Crippen LogP contribution in [0.25, 0.3) is 0 Å². The average Bonchev–Trinajstić information content (AvgIpc) is 2.28. The molecule has 3 nitrogen and oxygen atoms in total. The van der Waals surface area contributed by atoms with E-state index >= 15 is 0 Å². The fraction of sp³-hybridized carbons (Fsp3) is 0.400. The van der Waals surface area contributed by atoms with Crippen molar-refractivity contribution in [1.82, 2.24) is 0 Å². The molecule has 2 N–H and O–H groups in total. The molecule has 0 saturated carbocycles. The Bertz CT molecular complexity index is 489. The van der Waals surface area contributed by atoms with Crippen molar-refractivity contribution in [3.63, 3.8) is 0 Å². The Balaban J connectivity index is 2.24. The molecule has 2 rings (SSSR count). The molecule has 0 aromatic heterocycles. The maximum atomic E-state index is 10.6. The van der Waals surface area contributed by atoms with Gasteiger partial charge in [0.25, 0.3) is 0 Å². The van der Waals surface area contributed by atoms with E-state index in [-0.39, 0.29) is 18.1 Å². The maximum absolute atomic E-state index is 10.6. The third-order valence-corrected chi connectivity index (χ3v) is 3.42. The van der Waals surface area contributed by atoms with Crippen molar-refractivity contribution in [3.8, 4) is 5.75 Å². The van der Waals surface area contributed by atoms with E-state index in [9.17, 15) is 9.90 Å². The highest BCUT2D eigenvalue weighted by Crippen LogP contribution is 2.35. The summed E-state index contributed by atoms with van der Waals surface area (Å²) in [4.78, 5) is 10.6. The van der Waals surface area contributed by atoms with E-state index in [1.807, 2.05) is 6.07 Å². The summed E-state index contributed by atoms with van der Waals surface area (Å²) in [6, 6.07) is 5.22. The van der Waals surface area contributed by atoms with Gasteiger partial charge < -0.3 is 10.2 Å². The smallest absolute Gasteiger partial charge is 0.307 e. The molecule has 18 heavy (non-hydrogen) atoms. The lowest BCUT2D eigenvalue weighted by molar-refractivity contribution is -0.136. The summed E-state index contributed by atoms with van der Waals surface area (Å²) in [5.74, 6) is -0.405. The summed E-state index contributed by atoms with van der Waals surface area (Å²) in [6.45, 7) is 2.11. The number of hydrogen-bond donors (Lipinski definition) is 2. The highest BCUT2D eigenvalue weighted by Gasteiger charge is 2.17. The van der Waals surface area contributed by atoms with Gasteiger partial charge in [0.1, 0.15) is 5.75 Å². The van der Waals surface area contributed by atoms with Gasteiger partial charge in [-0.05, 0) is 37.8 Å². The van der Waals surface area contributed by atoms with Crippen molar-refractivity contribution in [3.05, 3.63) is 41.0 Å². The summed E-state index contributed by atoms with van der Waals surface area (Å²) in [7, 11) is 0. The molecule has 1 aromatic rings. The number of phenols is 1. The summed E-state index contributed by atoms with van der Waals surface area (Å²) < 4.78 is 0. The van der Waals surface area contributed by atoms with E-state index in [0.29, 0.717) is 5.56 Å². The molecule has 96 valence electrons. The minimum Gasteiger partial charge on any atom is -0.508 e. The van der Waals surface area contributed by atoms with Gasteiger partial charge in [0, 0.05) is 11.5 Å². The summed E-state index contributed by atoms with van der Waals surface area (Å²) >= 11 is 0. The van der Waals surface area contributed by atoms with Gasteiger partial charge in [-0.3, -0.25) is 4.79 Å². The topological polar surface area (TPSA) is 57.5 Å². The number of hydrogen-bond acceptors (Lipinski definition) is 2. The number of aromatic hydroxyl groups is 1. The molecular formula is C15H18O3.